The van der Waals surface area contributed by atoms with E-state index in [1.54, 1.807) is 5.51 Å². The van der Waals surface area contributed by atoms with Crippen molar-refractivity contribution in [2.45, 2.75) is 33.7 Å². The molecule has 1 aromatic heterocycles. The number of carbonyl (C=O) groups excluding carboxylic acids is 1. The highest BCUT2D eigenvalue weighted by Gasteiger charge is 2.29. The lowest BCUT2D eigenvalue weighted by Crippen LogP contribution is -2.33. The average Bonchev–Trinajstić information content (AvgIpc) is 2.60. The second-order valence-corrected chi connectivity index (χ2v) is 5.44. The van der Waals surface area contributed by atoms with Crippen molar-refractivity contribution in [1.29, 1.82) is 0 Å². The standard InChI is InChI=1S/C11H16N2O3S/c1-7-8(17-6-13-7)5-12-9(14)4-11(2,3)10(15)16/h6H,4-5H2,1-3H3,(H,12,14)(H,15,16). The number of amides is 1. The Morgan fingerprint density at radius 2 is 2.18 bits per heavy atom. The summed E-state index contributed by atoms with van der Waals surface area (Å²) in [5.74, 6) is -1.23. The average molecular weight is 256 g/mol. The Balaban J connectivity index is 2.46. The zero-order valence-corrected chi connectivity index (χ0v) is 10.9. The number of hydrogen-bond donors (Lipinski definition) is 2. The van der Waals surface area contributed by atoms with E-state index in [0.717, 1.165) is 10.6 Å². The highest BCUT2D eigenvalue weighted by atomic mass is 32.1. The number of nitrogens with one attached hydrogen (secondary N) is 1. The third kappa shape index (κ3) is 3.81. The number of aryl methyl sites for hydroxylation is 1. The highest BCUT2D eigenvalue weighted by molar-refractivity contribution is 7.09. The van der Waals surface area contributed by atoms with Gasteiger partial charge < -0.3 is 10.4 Å². The molecule has 1 amide bonds. The van der Waals surface area contributed by atoms with Crippen molar-refractivity contribution in [3.05, 3.63) is 16.1 Å². The molecule has 0 spiro atoms. The smallest absolute Gasteiger partial charge is 0.309 e. The second-order valence-electron chi connectivity index (χ2n) is 4.50. The number of aromatic nitrogens is 1. The van der Waals surface area contributed by atoms with Crippen LogP contribution in [-0.2, 0) is 16.1 Å². The molecule has 0 aliphatic rings. The van der Waals surface area contributed by atoms with Crippen LogP contribution in [0.4, 0.5) is 0 Å². The van der Waals surface area contributed by atoms with Crippen LogP contribution in [0.25, 0.3) is 0 Å². The molecular weight excluding hydrogens is 240 g/mol. The molecule has 0 aromatic carbocycles. The SMILES string of the molecule is Cc1ncsc1CNC(=O)CC(C)(C)C(=O)O. The van der Waals surface area contributed by atoms with E-state index in [9.17, 15) is 9.59 Å². The van der Waals surface area contributed by atoms with Crippen LogP contribution in [0.15, 0.2) is 5.51 Å². The van der Waals surface area contributed by atoms with E-state index in [-0.39, 0.29) is 12.3 Å². The first-order valence-electron chi connectivity index (χ1n) is 5.22. The minimum absolute atomic E-state index is 0.0276. The number of nitrogens with zero attached hydrogens (tertiary/aromatic N) is 1. The van der Waals surface area contributed by atoms with Gasteiger partial charge in [0.2, 0.25) is 5.91 Å². The Labute approximate surface area is 104 Å². The summed E-state index contributed by atoms with van der Waals surface area (Å²) >= 11 is 1.47. The van der Waals surface area contributed by atoms with Crippen LogP contribution >= 0.6 is 11.3 Å². The summed E-state index contributed by atoms with van der Waals surface area (Å²) in [6.45, 7) is 5.35. The number of carboxylic acid groups (broad SMARTS) is 1. The maximum Gasteiger partial charge on any atom is 0.309 e. The van der Waals surface area contributed by atoms with Gasteiger partial charge in [-0.1, -0.05) is 0 Å². The fourth-order valence-corrected chi connectivity index (χ4v) is 1.93. The van der Waals surface area contributed by atoms with Crippen molar-refractivity contribution in [3.8, 4) is 0 Å². The number of hydrogen-bond acceptors (Lipinski definition) is 4. The van der Waals surface area contributed by atoms with Gasteiger partial charge in [0.15, 0.2) is 0 Å². The first-order valence-corrected chi connectivity index (χ1v) is 6.10. The van der Waals surface area contributed by atoms with Crippen molar-refractivity contribution in [2.75, 3.05) is 0 Å². The van der Waals surface area contributed by atoms with Gasteiger partial charge in [-0.3, -0.25) is 9.59 Å². The molecule has 0 saturated heterocycles. The highest BCUT2D eigenvalue weighted by Crippen LogP contribution is 2.20. The summed E-state index contributed by atoms with van der Waals surface area (Å²) in [6.07, 6.45) is -0.0276. The molecule has 0 bridgehead atoms. The summed E-state index contributed by atoms with van der Waals surface area (Å²) in [7, 11) is 0. The van der Waals surface area contributed by atoms with Gasteiger partial charge in [-0.15, -0.1) is 11.3 Å². The van der Waals surface area contributed by atoms with Gasteiger partial charge in [0.1, 0.15) is 0 Å². The van der Waals surface area contributed by atoms with E-state index in [2.05, 4.69) is 10.3 Å². The lowest BCUT2D eigenvalue weighted by atomic mass is 9.89. The maximum atomic E-state index is 11.6. The molecule has 1 heterocycles. The van der Waals surface area contributed by atoms with Crippen LogP contribution in [0.1, 0.15) is 30.8 Å². The first kappa shape index (κ1) is 13.6. The number of rotatable bonds is 5. The fourth-order valence-electron chi connectivity index (χ4n) is 1.21. The van der Waals surface area contributed by atoms with E-state index >= 15 is 0 Å². The van der Waals surface area contributed by atoms with Crippen LogP contribution in [-0.4, -0.2) is 22.0 Å². The molecule has 2 N–H and O–H groups in total. The Morgan fingerprint density at radius 3 is 2.65 bits per heavy atom. The Bertz CT molecular complexity index is 426. The van der Waals surface area contributed by atoms with Crippen molar-refractivity contribution in [1.82, 2.24) is 10.3 Å². The van der Waals surface area contributed by atoms with E-state index < -0.39 is 11.4 Å². The van der Waals surface area contributed by atoms with Crippen molar-refractivity contribution >= 4 is 23.2 Å². The molecule has 0 fully saturated rings. The fraction of sp³-hybridized carbons (Fsp3) is 0.545. The van der Waals surface area contributed by atoms with E-state index in [1.807, 2.05) is 6.92 Å². The van der Waals surface area contributed by atoms with Crippen molar-refractivity contribution < 1.29 is 14.7 Å². The quantitative estimate of drug-likeness (QED) is 0.838. The Hall–Kier alpha value is -1.43. The molecule has 17 heavy (non-hydrogen) atoms. The third-order valence-corrected chi connectivity index (χ3v) is 3.41. The molecule has 94 valence electrons. The maximum absolute atomic E-state index is 11.6. The zero-order valence-electron chi connectivity index (χ0n) is 10.1. The van der Waals surface area contributed by atoms with E-state index in [0.29, 0.717) is 6.54 Å². The van der Waals surface area contributed by atoms with Crippen LogP contribution in [0.5, 0.6) is 0 Å². The molecule has 0 aliphatic carbocycles. The molecule has 1 rings (SSSR count). The topological polar surface area (TPSA) is 79.3 Å². The monoisotopic (exact) mass is 256 g/mol. The van der Waals surface area contributed by atoms with Crippen LogP contribution in [0.2, 0.25) is 0 Å². The minimum Gasteiger partial charge on any atom is -0.481 e. The summed E-state index contributed by atoms with van der Waals surface area (Å²) < 4.78 is 0. The zero-order chi connectivity index (χ0) is 13.1. The molecule has 0 unspecified atom stereocenters. The lowest BCUT2D eigenvalue weighted by Gasteiger charge is -2.18. The summed E-state index contributed by atoms with van der Waals surface area (Å²) in [4.78, 5) is 27.5. The van der Waals surface area contributed by atoms with E-state index in [4.69, 9.17) is 5.11 Å². The second kappa shape index (κ2) is 5.27. The van der Waals surface area contributed by atoms with Crippen LogP contribution in [0, 0.1) is 12.3 Å². The summed E-state index contributed by atoms with van der Waals surface area (Å²) in [6, 6.07) is 0. The lowest BCUT2D eigenvalue weighted by molar-refractivity contribution is -0.149. The van der Waals surface area contributed by atoms with Gasteiger partial charge in [-0.2, -0.15) is 0 Å². The number of carbonyl (C=O) groups is 2. The largest absolute Gasteiger partial charge is 0.481 e. The third-order valence-electron chi connectivity index (χ3n) is 2.47. The minimum atomic E-state index is -1.03. The molecule has 0 atom stereocenters. The Morgan fingerprint density at radius 1 is 1.53 bits per heavy atom. The molecule has 0 saturated carbocycles. The van der Waals surface area contributed by atoms with Crippen LogP contribution in [0.3, 0.4) is 0 Å². The number of aliphatic carboxylic acids is 1. The van der Waals surface area contributed by atoms with Gasteiger partial charge in [-0.05, 0) is 20.8 Å². The molecule has 1 aromatic rings. The molecule has 0 aliphatic heterocycles. The molecular formula is C11H16N2O3S. The first-order chi connectivity index (χ1) is 7.83. The normalized spacial score (nSPS) is 11.2. The number of thiazole rings is 1. The molecule has 5 nitrogen and oxygen atoms in total. The van der Waals surface area contributed by atoms with Crippen molar-refractivity contribution in [2.24, 2.45) is 5.41 Å². The predicted octanol–water partition coefficient (Wildman–Crippen LogP) is 1.57. The van der Waals surface area contributed by atoms with Gasteiger partial charge in [0.05, 0.1) is 23.2 Å². The van der Waals surface area contributed by atoms with E-state index in [1.165, 1.54) is 25.2 Å². The molecule has 6 heteroatoms. The van der Waals surface area contributed by atoms with Crippen molar-refractivity contribution in [3.63, 3.8) is 0 Å². The predicted molar refractivity (Wildman–Crippen MR) is 64.7 cm³/mol. The van der Waals surface area contributed by atoms with Crippen LogP contribution < -0.4 is 5.32 Å². The number of carboxylic acids is 1. The van der Waals surface area contributed by atoms with Gasteiger partial charge in [0, 0.05) is 11.3 Å². The Kier molecular flexibility index (Phi) is 4.22. The van der Waals surface area contributed by atoms with Gasteiger partial charge in [0.25, 0.3) is 0 Å². The molecule has 0 radical (unpaired) electrons. The van der Waals surface area contributed by atoms with Gasteiger partial charge in [-0.25, -0.2) is 4.98 Å². The summed E-state index contributed by atoms with van der Waals surface area (Å²) in [5.41, 5.74) is 1.58. The van der Waals surface area contributed by atoms with Gasteiger partial charge >= 0.3 is 5.97 Å². The summed E-state index contributed by atoms with van der Waals surface area (Å²) in [5, 5.41) is 11.6.